The van der Waals surface area contributed by atoms with Crippen molar-refractivity contribution in [2.45, 2.75) is 31.8 Å². The van der Waals surface area contributed by atoms with Crippen LogP contribution in [-0.4, -0.2) is 78.8 Å². The van der Waals surface area contributed by atoms with E-state index in [4.69, 9.17) is 14.5 Å². The fraction of sp³-hybridized carbons (Fsp3) is 0.444. The second kappa shape index (κ2) is 9.46. The van der Waals surface area contributed by atoms with Crippen molar-refractivity contribution >= 4 is 34.3 Å². The third-order valence-corrected chi connectivity index (χ3v) is 7.53. The monoisotopic (exact) mass is 488 g/mol. The number of methoxy groups -OCH3 is 1. The minimum Gasteiger partial charge on any atom is -0.495 e. The molecule has 0 spiro atoms. The molecule has 0 radical (unpaired) electrons. The average molecular weight is 489 g/mol. The molecule has 2 aromatic carbocycles. The van der Waals surface area contributed by atoms with Crippen LogP contribution < -0.4 is 15.0 Å². The lowest BCUT2D eigenvalue weighted by Gasteiger charge is -2.37. The van der Waals surface area contributed by atoms with E-state index in [0.717, 1.165) is 73.5 Å². The van der Waals surface area contributed by atoms with Crippen LogP contribution in [0, 0.1) is 0 Å². The van der Waals surface area contributed by atoms with Gasteiger partial charge in [0.15, 0.2) is 0 Å². The summed E-state index contributed by atoms with van der Waals surface area (Å²) in [6, 6.07) is 10.8. The molecule has 6 rings (SSSR count). The molecular weight excluding hydrogens is 456 g/mol. The Morgan fingerprint density at radius 2 is 2.06 bits per heavy atom. The summed E-state index contributed by atoms with van der Waals surface area (Å²) in [4.78, 5) is 28.0. The summed E-state index contributed by atoms with van der Waals surface area (Å²) < 4.78 is 10.8. The number of piperidine rings is 1. The normalized spacial score (nSPS) is 20.4. The summed E-state index contributed by atoms with van der Waals surface area (Å²) in [5.41, 5.74) is 5.50. The number of cyclic esters (lactones) is 1. The van der Waals surface area contributed by atoms with Gasteiger partial charge in [-0.1, -0.05) is 0 Å². The molecule has 1 atom stereocenters. The number of nitrogens with zero attached hydrogens (tertiary/aromatic N) is 5. The van der Waals surface area contributed by atoms with Crippen molar-refractivity contribution < 1.29 is 14.3 Å². The summed E-state index contributed by atoms with van der Waals surface area (Å²) in [6.07, 6.45) is 4.73. The van der Waals surface area contributed by atoms with E-state index in [9.17, 15) is 4.79 Å². The molecule has 188 valence electrons. The molecule has 0 unspecified atom stereocenters. The number of nitrogens with one attached hydrogen (secondary N) is 1. The number of ether oxygens (including phenoxy) is 2. The molecule has 0 bridgehead atoms. The Morgan fingerprint density at radius 3 is 2.89 bits per heavy atom. The van der Waals surface area contributed by atoms with Crippen molar-refractivity contribution in [2.24, 2.45) is 0 Å². The van der Waals surface area contributed by atoms with Gasteiger partial charge in [-0.15, -0.1) is 0 Å². The van der Waals surface area contributed by atoms with Crippen LogP contribution in [0.25, 0.3) is 10.9 Å². The van der Waals surface area contributed by atoms with E-state index < -0.39 is 0 Å². The minimum absolute atomic E-state index is 0.183. The predicted octanol–water partition coefficient (Wildman–Crippen LogP) is 3.79. The molecule has 3 aliphatic heterocycles. The lowest BCUT2D eigenvalue weighted by atomic mass is 9.99. The Hall–Kier alpha value is -3.59. The second-order valence-electron chi connectivity index (χ2n) is 9.92. The summed E-state index contributed by atoms with van der Waals surface area (Å²) in [5, 5.41) is 4.38. The summed E-state index contributed by atoms with van der Waals surface area (Å²) in [5.74, 6) is 1.34. The van der Waals surface area contributed by atoms with Crippen molar-refractivity contribution in [1.82, 2.24) is 19.8 Å². The highest BCUT2D eigenvalue weighted by molar-refractivity contribution is 5.83. The zero-order valence-electron chi connectivity index (χ0n) is 20.9. The fourth-order valence-corrected chi connectivity index (χ4v) is 5.56. The van der Waals surface area contributed by atoms with Crippen molar-refractivity contribution in [3.63, 3.8) is 0 Å². The second-order valence-corrected chi connectivity index (χ2v) is 9.92. The SMILES string of the molecule is COc1cc2c(cc1Nc1ncc3ccc(N4CCC[C@H](N5CCOC5=O)C4)cc3n1)CN(C)CC2. The van der Waals surface area contributed by atoms with E-state index in [-0.39, 0.29) is 12.1 Å². The molecule has 9 nitrogen and oxygen atoms in total. The Kier molecular flexibility index (Phi) is 6.00. The van der Waals surface area contributed by atoms with Gasteiger partial charge in [-0.2, -0.15) is 0 Å². The van der Waals surface area contributed by atoms with Crippen LogP contribution in [0.1, 0.15) is 24.0 Å². The van der Waals surface area contributed by atoms with E-state index >= 15 is 0 Å². The lowest BCUT2D eigenvalue weighted by molar-refractivity contribution is 0.144. The summed E-state index contributed by atoms with van der Waals surface area (Å²) in [6.45, 7) is 4.91. The first-order valence-corrected chi connectivity index (χ1v) is 12.7. The van der Waals surface area contributed by atoms with Crippen LogP contribution in [0.15, 0.2) is 36.5 Å². The maximum Gasteiger partial charge on any atom is 0.410 e. The average Bonchev–Trinajstić information content (AvgIpc) is 3.33. The van der Waals surface area contributed by atoms with Gasteiger partial charge in [0.25, 0.3) is 0 Å². The van der Waals surface area contributed by atoms with Gasteiger partial charge in [0.1, 0.15) is 12.4 Å². The highest BCUT2D eigenvalue weighted by Crippen LogP contribution is 2.33. The Labute approximate surface area is 211 Å². The van der Waals surface area contributed by atoms with Crippen molar-refractivity contribution in [3.05, 3.63) is 47.7 Å². The number of carbonyl (C=O) groups is 1. The van der Waals surface area contributed by atoms with Gasteiger partial charge in [-0.05, 0) is 67.8 Å². The number of carbonyl (C=O) groups excluding carboxylic acids is 1. The van der Waals surface area contributed by atoms with E-state index in [1.54, 1.807) is 7.11 Å². The van der Waals surface area contributed by atoms with E-state index in [1.807, 2.05) is 11.1 Å². The molecular formula is C27H32N6O3. The molecule has 1 aromatic heterocycles. The molecule has 36 heavy (non-hydrogen) atoms. The number of anilines is 3. The summed E-state index contributed by atoms with van der Waals surface area (Å²) in [7, 11) is 3.84. The van der Waals surface area contributed by atoms with Gasteiger partial charge in [-0.25, -0.2) is 14.8 Å². The largest absolute Gasteiger partial charge is 0.495 e. The molecule has 9 heteroatoms. The van der Waals surface area contributed by atoms with Crippen LogP contribution in [0.4, 0.5) is 22.1 Å². The Morgan fingerprint density at radius 1 is 1.14 bits per heavy atom. The van der Waals surface area contributed by atoms with Gasteiger partial charge in [-0.3, -0.25) is 0 Å². The van der Waals surface area contributed by atoms with Crippen molar-refractivity contribution in [2.75, 3.05) is 57.2 Å². The molecule has 4 heterocycles. The number of fused-ring (bicyclic) bond motifs is 2. The molecule has 0 aliphatic carbocycles. The molecule has 2 fully saturated rings. The van der Waals surface area contributed by atoms with E-state index in [2.05, 4.69) is 57.5 Å². The third kappa shape index (κ3) is 4.39. The number of hydrogen-bond acceptors (Lipinski definition) is 8. The van der Waals surface area contributed by atoms with Crippen LogP contribution in [0.2, 0.25) is 0 Å². The maximum atomic E-state index is 12.1. The van der Waals surface area contributed by atoms with E-state index in [1.165, 1.54) is 11.1 Å². The maximum absolute atomic E-state index is 12.1. The van der Waals surface area contributed by atoms with Gasteiger partial charge < -0.3 is 29.5 Å². The molecule has 2 saturated heterocycles. The molecule has 3 aromatic rings. The van der Waals surface area contributed by atoms with Crippen LogP contribution in [0.5, 0.6) is 5.75 Å². The van der Waals surface area contributed by atoms with E-state index in [0.29, 0.717) is 19.1 Å². The van der Waals surface area contributed by atoms with Gasteiger partial charge in [0.05, 0.1) is 30.9 Å². The standard InChI is InChI=1S/C27H32N6O3/c1-31-9-7-18-13-25(35-2)24(12-20(18)16-31)30-26-28-15-19-5-6-21(14-23(19)29-26)32-8-3-4-22(17-32)33-10-11-36-27(33)34/h5-6,12-15,22H,3-4,7-11,16-17H2,1-2H3,(H,28,29,30)/t22-/m0/s1. The van der Waals surface area contributed by atoms with Crippen LogP contribution in [0.3, 0.4) is 0 Å². The zero-order valence-corrected chi connectivity index (χ0v) is 20.9. The van der Waals surface area contributed by atoms with Crippen molar-refractivity contribution in [1.29, 1.82) is 0 Å². The zero-order chi connectivity index (χ0) is 24.6. The first-order chi connectivity index (χ1) is 17.6. The number of benzene rings is 2. The first kappa shape index (κ1) is 22.8. The molecule has 1 amide bonds. The van der Waals surface area contributed by atoms with Crippen molar-refractivity contribution in [3.8, 4) is 5.75 Å². The van der Waals surface area contributed by atoms with Gasteiger partial charge in [0.2, 0.25) is 5.95 Å². The Bertz CT molecular complexity index is 1300. The Balaban J connectivity index is 1.25. The van der Waals surface area contributed by atoms with Crippen LogP contribution >= 0.6 is 0 Å². The number of hydrogen-bond donors (Lipinski definition) is 1. The van der Waals surface area contributed by atoms with Gasteiger partial charge >= 0.3 is 6.09 Å². The highest BCUT2D eigenvalue weighted by atomic mass is 16.6. The lowest BCUT2D eigenvalue weighted by Crippen LogP contribution is -2.48. The molecule has 0 saturated carbocycles. The highest BCUT2D eigenvalue weighted by Gasteiger charge is 2.33. The number of aromatic nitrogens is 2. The predicted molar refractivity (Wildman–Crippen MR) is 139 cm³/mol. The number of amides is 1. The fourth-order valence-electron chi connectivity index (χ4n) is 5.56. The number of rotatable bonds is 5. The molecule has 1 N–H and O–H groups in total. The quantitative estimate of drug-likeness (QED) is 0.581. The first-order valence-electron chi connectivity index (χ1n) is 12.7. The van der Waals surface area contributed by atoms with Gasteiger partial charge in [0, 0.05) is 43.4 Å². The topological polar surface area (TPSA) is 83.1 Å². The molecule has 3 aliphatic rings. The summed E-state index contributed by atoms with van der Waals surface area (Å²) >= 11 is 0. The number of likely N-dealkylation sites (N-methyl/N-ethyl adjacent to an activating group) is 1. The third-order valence-electron chi connectivity index (χ3n) is 7.53. The minimum atomic E-state index is -0.187. The smallest absolute Gasteiger partial charge is 0.410 e. The van der Waals surface area contributed by atoms with Crippen LogP contribution in [-0.2, 0) is 17.7 Å².